The lowest BCUT2D eigenvalue weighted by Crippen LogP contribution is -2.06. The first-order chi connectivity index (χ1) is 17.5. The number of hydrogen-bond acceptors (Lipinski definition) is 7. The number of nitrogens with one attached hydrogen (secondary N) is 1. The van der Waals surface area contributed by atoms with Crippen molar-refractivity contribution in [3.63, 3.8) is 0 Å². The van der Waals surface area contributed by atoms with Crippen molar-refractivity contribution >= 4 is 28.8 Å². The van der Waals surface area contributed by atoms with E-state index >= 15 is 0 Å². The Bertz CT molecular complexity index is 1620. The monoisotopic (exact) mass is 500 g/mol. The van der Waals surface area contributed by atoms with E-state index in [1.807, 2.05) is 66.1 Å². The molecule has 182 valence electrons. The van der Waals surface area contributed by atoms with E-state index in [9.17, 15) is 9.59 Å². The second-order valence-corrected chi connectivity index (χ2v) is 9.28. The van der Waals surface area contributed by atoms with Gasteiger partial charge in [0.2, 0.25) is 0 Å². The Morgan fingerprint density at radius 1 is 1.06 bits per heavy atom. The highest BCUT2D eigenvalue weighted by Crippen LogP contribution is 2.34. The van der Waals surface area contributed by atoms with Crippen LogP contribution in [0.5, 0.6) is 0 Å². The largest absolute Gasteiger partial charge is 0.465 e. The zero-order chi connectivity index (χ0) is 25.2. The molecule has 0 bridgehead atoms. The van der Waals surface area contributed by atoms with Gasteiger partial charge in [-0.2, -0.15) is 10.1 Å². The highest BCUT2D eigenvalue weighted by Gasteiger charge is 2.22. The summed E-state index contributed by atoms with van der Waals surface area (Å²) in [5.74, 6) is 0.199. The zero-order valence-electron chi connectivity index (χ0n) is 20.1. The van der Waals surface area contributed by atoms with Crippen molar-refractivity contribution in [2.45, 2.75) is 25.4 Å². The molecule has 0 unspecified atom stereocenters. The minimum atomic E-state index is -0.670. The average Bonchev–Trinajstić information content (AvgIpc) is 3.51. The van der Waals surface area contributed by atoms with Gasteiger partial charge < -0.3 is 9.26 Å². The molecule has 3 aromatic carbocycles. The summed E-state index contributed by atoms with van der Waals surface area (Å²) in [6.45, 7) is 4.11. The van der Waals surface area contributed by atoms with Crippen LogP contribution in [0.1, 0.15) is 29.3 Å². The van der Waals surface area contributed by atoms with Gasteiger partial charge in [0.25, 0.3) is 0 Å². The summed E-state index contributed by atoms with van der Waals surface area (Å²) in [7, 11) is 1.38. The summed E-state index contributed by atoms with van der Waals surface area (Å²) in [5.41, 5.74) is 6.44. The quantitative estimate of drug-likeness (QED) is 0.228. The Kier molecular flexibility index (Phi) is 6.47. The summed E-state index contributed by atoms with van der Waals surface area (Å²) in [6.07, 6.45) is 0.997. The number of hydrogen-bond donors (Lipinski definition) is 1. The van der Waals surface area contributed by atoms with Gasteiger partial charge in [-0.1, -0.05) is 61.2 Å². The molecule has 2 heterocycles. The number of rotatable bonds is 7. The van der Waals surface area contributed by atoms with Gasteiger partial charge >= 0.3 is 11.7 Å². The predicted octanol–water partition coefficient (Wildman–Crippen LogP) is 5.63. The second kappa shape index (κ2) is 9.87. The van der Waals surface area contributed by atoms with Crippen molar-refractivity contribution in [1.29, 1.82) is 0 Å². The van der Waals surface area contributed by atoms with Gasteiger partial charge in [-0.3, -0.25) is 4.57 Å². The van der Waals surface area contributed by atoms with Crippen molar-refractivity contribution in [2.75, 3.05) is 12.9 Å². The fraction of sp³-hybridized carbons (Fsp3) is 0.185. The molecular formula is C27H24N4O4S. The van der Waals surface area contributed by atoms with Crippen LogP contribution in [-0.2, 0) is 4.74 Å². The molecule has 0 saturated carbocycles. The number of esters is 1. The Balaban J connectivity index is 1.66. The van der Waals surface area contributed by atoms with Crippen LogP contribution in [0.2, 0.25) is 0 Å². The minimum Gasteiger partial charge on any atom is -0.465 e. The molecule has 0 aliphatic heterocycles. The van der Waals surface area contributed by atoms with Gasteiger partial charge in [0.05, 0.1) is 23.7 Å². The van der Waals surface area contributed by atoms with Crippen LogP contribution in [0.15, 0.2) is 75.1 Å². The molecule has 0 aliphatic carbocycles. The van der Waals surface area contributed by atoms with E-state index in [4.69, 9.17) is 14.2 Å². The highest BCUT2D eigenvalue weighted by atomic mass is 32.2. The van der Waals surface area contributed by atoms with Gasteiger partial charge in [-0.15, -0.1) is 0 Å². The molecule has 0 atom stereocenters. The van der Waals surface area contributed by atoms with Crippen molar-refractivity contribution in [2.24, 2.45) is 0 Å². The SMILES string of the molecule is CCCSc1nc2c(C)ccc(C(=O)OC)c2n1-c1ccc(-c2ccccc2-c2nc(=O)o[nH]2)cc1. The first-order valence-corrected chi connectivity index (χ1v) is 12.5. The highest BCUT2D eigenvalue weighted by molar-refractivity contribution is 7.99. The Morgan fingerprint density at radius 2 is 1.81 bits per heavy atom. The van der Waals surface area contributed by atoms with Crippen LogP contribution in [0.4, 0.5) is 0 Å². The van der Waals surface area contributed by atoms with Crippen LogP contribution < -0.4 is 5.76 Å². The number of H-pyrrole nitrogens is 1. The van der Waals surface area contributed by atoms with E-state index in [0.29, 0.717) is 11.4 Å². The molecule has 9 heteroatoms. The Hall–Kier alpha value is -4.11. The second-order valence-electron chi connectivity index (χ2n) is 8.22. The van der Waals surface area contributed by atoms with Crippen LogP contribution in [0, 0.1) is 6.92 Å². The third-order valence-electron chi connectivity index (χ3n) is 5.87. The average molecular weight is 501 g/mol. The van der Waals surface area contributed by atoms with Crippen LogP contribution in [-0.4, -0.2) is 38.5 Å². The van der Waals surface area contributed by atoms with Gasteiger partial charge in [-0.05, 0) is 48.2 Å². The summed E-state index contributed by atoms with van der Waals surface area (Å²) in [5, 5.41) is 3.40. The Morgan fingerprint density at radius 3 is 2.47 bits per heavy atom. The third kappa shape index (κ3) is 4.22. The van der Waals surface area contributed by atoms with Crippen LogP contribution in [0.3, 0.4) is 0 Å². The first kappa shape index (κ1) is 23.6. The van der Waals surface area contributed by atoms with Gasteiger partial charge in [0, 0.05) is 17.0 Å². The minimum absolute atomic E-state index is 0.372. The van der Waals surface area contributed by atoms with Gasteiger partial charge in [0.1, 0.15) is 0 Å². The molecule has 8 nitrogen and oxygen atoms in total. The van der Waals surface area contributed by atoms with Gasteiger partial charge in [0.15, 0.2) is 11.0 Å². The normalized spacial score (nSPS) is 11.2. The first-order valence-electron chi connectivity index (χ1n) is 11.5. The van der Waals surface area contributed by atoms with E-state index in [0.717, 1.165) is 56.3 Å². The predicted molar refractivity (Wildman–Crippen MR) is 140 cm³/mol. The molecule has 0 saturated heterocycles. The van der Waals surface area contributed by atoms with Gasteiger partial charge in [-0.25, -0.2) is 14.6 Å². The maximum Gasteiger partial charge on any atom is 0.460 e. The number of imidazole rings is 1. The number of nitrogens with zero attached hydrogens (tertiary/aromatic N) is 3. The maximum atomic E-state index is 12.6. The number of carbonyl (C=O) groups is 1. The number of thioether (sulfide) groups is 1. The zero-order valence-corrected chi connectivity index (χ0v) is 20.9. The molecule has 36 heavy (non-hydrogen) atoms. The smallest absolute Gasteiger partial charge is 0.460 e. The lowest BCUT2D eigenvalue weighted by Gasteiger charge is -2.13. The molecule has 0 spiro atoms. The number of benzene rings is 3. The standard InChI is InChI=1S/C27H24N4O4S/c1-4-15-36-26-28-22-16(2)9-14-21(25(32)34-3)23(22)31(26)18-12-10-17(11-13-18)19-7-5-6-8-20(19)24-29-27(33)35-30-24/h5-14H,4,15H2,1-3H3,(H,29,30,33). The van der Waals surface area contributed by atoms with E-state index in [1.54, 1.807) is 17.8 Å². The fourth-order valence-corrected chi connectivity index (χ4v) is 5.04. The molecule has 5 rings (SSSR count). The Labute approximate surface area is 211 Å². The van der Waals surface area contributed by atoms with Crippen molar-refractivity contribution in [3.8, 4) is 28.2 Å². The summed E-state index contributed by atoms with van der Waals surface area (Å²) in [4.78, 5) is 32.9. The lowest BCUT2D eigenvalue weighted by molar-refractivity contribution is 0.0602. The fourth-order valence-electron chi connectivity index (χ4n) is 4.17. The molecular weight excluding hydrogens is 476 g/mol. The molecule has 0 fully saturated rings. The summed E-state index contributed by atoms with van der Waals surface area (Å²) >= 11 is 1.65. The number of aromatic amines is 1. The molecule has 0 radical (unpaired) electrons. The number of aryl methyl sites for hydroxylation is 1. The molecule has 2 aromatic heterocycles. The van der Waals surface area contributed by atoms with Crippen LogP contribution >= 0.6 is 11.8 Å². The number of carbonyl (C=O) groups excluding carboxylic acids is 1. The van der Waals surface area contributed by atoms with Crippen LogP contribution in [0.25, 0.3) is 39.2 Å². The van der Waals surface area contributed by atoms with Crippen molar-refractivity contribution in [3.05, 3.63) is 82.3 Å². The lowest BCUT2D eigenvalue weighted by atomic mass is 9.99. The molecule has 5 aromatic rings. The van der Waals surface area contributed by atoms with E-state index in [1.165, 1.54) is 7.11 Å². The molecule has 0 aliphatic rings. The van der Waals surface area contributed by atoms with E-state index < -0.39 is 11.7 Å². The maximum absolute atomic E-state index is 12.6. The topological polar surface area (TPSA) is 103 Å². The number of aromatic nitrogens is 4. The summed E-state index contributed by atoms with van der Waals surface area (Å²) in [6, 6.07) is 19.3. The molecule has 1 N–H and O–H groups in total. The van der Waals surface area contributed by atoms with E-state index in [2.05, 4.69) is 17.1 Å². The number of ether oxygens (including phenoxy) is 1. The van der Waals surface area contributed by atoms with E-state index in [-0.39, 0.29) is 0 Å². The molecule has 0 amide bonds. The third-order valence-corrected chi connectivity index (χ3v) is 7.02. The summed E-state index contributed by atoms with van der Waals surface area (Å²) < 4.78 is 11.9. The van der Waals surface area contributed by atoms with Crippen molar-refractivity contribution in [1.82, 2.24) is 19.7 Å². The number of fused-ring (bicyclic) bond motifs is 1. The number of methoxy groups -OCH3 is 1. The van der Waals surface area contributed by atoms with Crippen molar-refractivity contribution < 1.29 is 14.1 Å².